The molecule has 0 aromatic carbocycles. The van der Waals surface area contributed by atoms with Crippen LogP contribution in [0.3, 0.4) is 0 Å². The predicted octanol–water partition coefficient (Wildman–Crippen LogP) is 3.72. The third kappa shape index (κ3) is 4.35. The minimum atomic E-state index is -4.00. The molecule has 0 amide bonds. The fourth-order valence-corrected chi connectivity index (χ4v) is 3.73. The lowest BCUT2D eigenvalue weighted by atomic mass is 9.91. The molecule has 1 saturated heterocycles. The second-order valence-electron chi connectivity index (χ2n) is 6.47. The van der Waals surface area contributed by atoms with Crippen LogP contribution >= 0.6 is 0 Å². The van der Waals surface area contributed by atoms with E-state index in [4.69, 9.17) is 0 Å². The third-order valence-electron chi connectivity index (χ3n) is 4.92. The molecule has 0 aromatic rings. The number of nitrogens with one attached hydrogen (secondary N) is 1. The highest BCUT2D eigenvalue weighted by atomic mass is 19.4. The zero-order valence-electron chi connectivity index (χ0n) is 12.4. The molecule has 0 aromatic heterocycles. The van der Waals surface area contributed by atoms with E-state index in [0.717, 1.165) is 26.1 Å². The van der Waals surface area contributed by atoms with E-state index < -0.39 is 12.6 Å². The summed E-state index contributed by atoms with van der Waals surface area (Å²) < 4.78 is 36.5. The van der Waals surface area contributed by atoms with Crippen molar-refractivity contribution in [2.75, 3.05) is 19.6 Å². The minimum absolute atomic E-state index is 0.260. The van der Waals surface area contributed by atoms with Crippen LogP contribution in [0.1, 0.15) is 58.3 Å². The number of hydrogen-bond acceptors (Lipinski definition) is 2. The Balaban J connectivity index is 1.80. The molecular formula is C15H27F3N2. The summed E-state index contributed by atoms with van der Waals surface area (Å²) >= 11 is 0. The molecule has 118 valence electrons. The van der Waals surface area contributed by atoms with Crippen LogP contribution in [0.25, 0.3) is 0 Å². The summed E-state index contributed by atoms with van der Waals surface area (Å²) in [7, 11) is 0. The number of alkyl halides is 3. The molecule has 0 bridgehead atoms. The smallest absolute Gasteiger partial charge is 0.308 e. The summed E-state index contributed by atoms with van der Waals surface area (Å²) in [4.78, 5) is 2.44. The van der Waals surface area contributed by atoms with Crippen LogP contribution in [0.4, 0.5) is 13.2 Å². The highest BCUT2D eigenvalue weighted by Crippen LogP contribution is 2.33. The molecule has 5 heteroatoms. The summed E-state index contributed by atoms with van der Waals surface area (Å²) in [6, 6.07) is 0.493. The van der Waals surface area contributed by atoms with E-state index in [-0.39, 0.29) is 12.0 Å². The summed E-state index contributed by atoms with van der Waals surface area (Å²) in [6.45, 7) is 5.01. The molecule has 1 unspecified atom stereocenters. The highest BCUT2D eigenvalue weighted by molar-refractivity contribution is 5.00. The van der Waals surface area contributed by atoms with Gasteiger partial charge in [0.1, 0.15) is 0 Å². The maximum absolute atomic E-state index is 12.2. The topological polar surface area (TPSA) is 15.3 Å². The van der Waals surface area contributed by atoms with Gasteiger partial charge in [-0.3, -0.25) is 4.90 Å². The van der Waals surface area contributed by atoms with Crippen molar-refractivity contribution in [1.29, 1.82) is 0 Å². The van der Waals surface area contributed by atoms with Gasteiger partial charge in [-0.25, -0.2) is 0 Å². The Hall–Kier alpha value is -0.290. The standard InChI is InChI=1S/C15H27F3N2/c1-2-13-11-19-14(7-3-4-8-14)12-20(13)10-6-5-9-15(16,17)18/h13,19H,2-12H2,1H3. The summed E-state index contributed by atoms with van der Waals surface area (Å²) in [5.41, 5.74) is 0.260. The van der Waals surface area contributed by atoms with Gasteiger partial charge in [-0.15, -0.1) is 0 Å². The van der Waals surface area contributed by atoms with Crippen molar-refractivity contribution in [1.82, 2.24) is 10.2 Å². The monoisotopic (exact) mass is 292 g/mol. The number of piperazine rings is 1. The summed E-state index contributed by atoms with van der Waals surface area (Å²) in [5.74, 6) is 0. The number of rotatable bonds is 5. The highest BCUT2D eigenvalue weighted by Gasteiger charge is 2.40. The molecule has 2 fully saturated rings. The second-order valence-corrected chi connectivity index (χ2v) is 6.47. The molecule has 1 atom stereocenters. The first-order chi connectivity index (χ1) is 9.44. The van der Waals surface area contributed by atoms with E-state index in [1.165, 1.54) is 25.7 Å². The number of nitrogens with zero attached hydrogens (tertiary/aromatic N) is 1. The molecule has 1 saturated carbocycles. The van der Waals surface area contributed by atoms with Crippen LogP contribution in [0, 0.1) is 0 Å². The maximum atomic E-state index is 12.2. The van der Waals surface area contributed by atoms with Crippen molar-refractivity contribution in [2.24, 2.45) is 0 Å². The quantitative estimate of drug-likeness (QED) is 0.777. The summed E-state index contributed by atoms with van der Waals surface area (Å²) in [5, 5.41) is 3.72. The SMILES string of the molecule is CCC1CNC2(CCCC2)CN1CCCCC(F)(F)F. The van der Waals surface area contributed by atoms with Crippen LogP contribution in [-0.4, -0.2) is 42.3 Å². The Labute approximate surface area is 120 Å². The molecule has 1 spiro atoms. The zero-order chi connectivity index (χ0) is 14.6. The van der Waals surface area contributed by atoms with Gasteiger partial charge in [0.2, 0.25) is 0 Å². The van der Waals surface area contributed by atoms with E-state index in [0.29, 0.717) is 12.5 Å². The molecule has 1 aliphatic heterocycles. The largest absolute Gasteiger partial charge is 0.389 e. The minimum Gasteiger partial charge on any atom is -0.308 e. The van der Waals surface area contributed by atoms with Crippen LogP contribution < -0.4 is 5.32 Å². The lowest BCUT2D eigenvalue weighted by Gasteiger charge is -2.46. The first-order valence-electron chi connectivity index (χ1n) is 8.00. The molecule has 2 nitrogen and oxygen atoms in total. The number of hydrogen-bond donors (Lipinski definition) is 1. The Kier molecular flexibility index (Phi) is 5.35. The van der Waals surface area contributed by atoms with E-state index in [9.17, 15) is 13.2 Å². The molecule has 1 N–H and O–H groups in total. The Bertz CT molecular complexity index is 298. The fourth-order valence-electron chi connectivity index (χ4n) is 3.73. The first-order valence-corrected chi connectivity index (χ1v) is 8.00. The molecule has 1 aliphatic carbocycles. The van der Waals surface area contributed by atoms with Gasteiger partial charge < -0.3 is 5.32 Å². The Morgan fingerprint density at radius 2 is 1.90 bits per heavy atom. The van der Waals surface area contributed by atoms with E-state index in [1.807, 2.05) is 0 Å². The molecule has 0 radical (unpaired) electrons. The summed E-state index contributed by atoms with van der Waals surface area (Å²) in [6.07, 6.45) is 2.37. The molecule has 2 aliphatic rings. The number of halogens is 3. The van der Waals surface area contributed by atoms with Gasteiger partial charge in [0.05, 0.1) is 0 Å². The predicted molar refractivity (Wildman–Crippen MR) is 74.8 cm³/mol. The Morgan fingerprint density at radius 1 is 1.20 bits per heavy atom. The van der Waals surface area contributed by atoms with E-state index in [2.05, 4.69) is 17.1 Å². The normalized spacial score (nSPS) is 27.3. The Morgan fingerprint density at radius 3 is 2.50 bits per heavy atom. The molecular weight excluding hydrogens is 265 g/mol. The van der Waals surface area contributed by atoms with Crippen molar-refractivity contribution >= 4 is 0 Å². The van der Waals surface area contributed by atoms with Crippen LogP contribution in [0.5, 0.6) is 0 Å². The van der Waals surface area contributed by atoms with Gasteiger partial charge in [-0.2, -0.15) is 13.2 Å². The average Bonchev–Trinajstić information content (AvgIpc) is 2.82. The molecule has 20 heavy (non-hydrogen) atoms. The fraction of sp³-hybridized carbons (Fsp3) is 1.00. The van der Waals surface area contributed by atoms with Crippen LogP contribution in [0.15, 0.2) is 0 Å². The van der Waals surface area contributed by atoms with Crippen molar-refractivity contribution < 1.29 is 13.2 Å². The van der Waals surface area contributed by atoms with Crippen molar-refractivity contribution in [3.63, 3.8) is 0 Å². The maximum Gasteiger partial charge on any atom is 0.389 e. The first kappa shape index (κ1) is 16.1. The van der Waals surface area contributed by atoms with Gasteiger partial charge in [-0.1, -0.05) is 19.8 Å². The van der Waals surface area contributed by atoms with Gasteiger partial charge >= 0.3 is 6.18 Å². The van der Waals surface area contributed by atoms with Gasteiger partial charge in [0.25, 0.3) is 0 Å². The van der Waals surface area contributed by atoms with E-state index >= 15 is 0 Å². The van der Waals surface area contributed by atoms with Crippen molar-refractivity contribution in [3.8, 4) is 0 Å². The van der Waals surface area contributed by atoms with Crippen LogP contribution in [-0.2, 0) is 0 Å². The van der Waals surface area contributed by atoms with Crippen LogP contribution in [0.2, 0.25) is 0 Å². The van der Waals surface area contributed by atoms with Crippen molar-refractivity contribution in [2.45, 2.75) is 76.0 Å². The third-order valence-corrected chi connectivity index (χ3v) is 4.92. The van der Waals surface area contributed by atoms with Gasteiger partial charge in [0.15, 0.2) is 0 Å². The lowest BCUT2D eigenvalue weighted by Crippen LogP contribution is -2.63. The average molecular weight is 292 g/mol. The van der Waals surface area contributed by atoms with Gasteiger partial charge in [0, 0.05) is 31.1 Å². The molecule has 2 rings (SSSR count). The van der Waals surface area contributed by atoms with Crippen molar-refractivity contribution in [3.05, 3.63) is 0 Å². The second kappa shape index (κ2) is 6.65. The zero-order valence-corrected chi connectivity index (χ0v) is 12.4. The van der Waals surface area contributed by atoms with Gasteiger partial charge in [-0.05, 0) is 38.6 Å². The number of unbranched alkanes of at least 4 members (excludes halogenated alkanes) is 1. The van der Waals surface area contributed by atoms with E-state index in [1.54, 1.807) is 0 Å². The molecule has 1 heterocycles. The lowest BCUT2D eigenvalue weighted by molar-refractivity contribution is -0.135.